The van der Waals surface area contributed by atoms with Crippen molar-refractivity contribution in [2.45, 2.75) is 13.3 Å². The molecule has 0 amide bonds. The van der Waals surface area contributed by atoms with Gasteiger partial charge in [0.05, 0.1) is 5.69 Å². The molecule has 1 aromatic carbocycles. The Labute approximate surface area is 135 Å². The molecule has 0 spiro atoms. The van der Waals surface area contributed by atoms with Crippen molar-refractivity contribution >= 4 is 51.6 Å². The molecule has 3 nitrogen and oxygen atoms in total. The lowest BCUT2D eigenvalue weighted by Gasteiger charge is -2.04. The molecule has 19 heavy (non-hydrogen) atoms. The van der Waals surface area contributed by atoms with Gasteiger partial charge in [-0.05, 0) is 47.7 Å². The van der Waals surface area contributed by atoms with Gasteiger partial charge >= 0.3 is 0 Å². The highest BCUT2D eigenvalue weighted by Gasteiger charge is 2.18. The number of hydrogen-bond donors (Lipinski definition) is 0. The SMILES string of the molecule is Cc1nn(C)c(Cl)c1CC(=O)c1cc(Cl)ccc1I. The van der Waals surface area contributed by atoms with Crippen LogP contribution in [0.4, 0.5) is 0 Å². The second kappa shape index (κ2) is 5.81. The predicted molar refractivity (Wildman–Crippen MR) is 85.2 cm³/mol. The average Bonchev–Trinajstić information content (AvgIpc) is 2.59. The number of aromatic nitrogens is 2. The van der Waals surface area contributed by atoms with Gasteiger partial charge in [-0.3, -0.25) is 9.48 Å². The van der Waals surface area contributed by atoms with Crippen LogP contribution in [0.1, 0.15) is 21.6 Å². The third kappa shape index (κ3) is 3.12. The van der Waals surface area contributed by atoms with Crippen LogP contribution in [0.3, 0.4) is 0 Å². The van der Waals surface area contributed by atoms with Crippen molar-refractivity contribution < 1.29 is 4.79 Å². The molecule has 0 aliphatic carbocycles. The zero-order valence-corrected chi connectivity index (χ0v) is 14.0. The summed E-state index contributed by atoms with van der Waals surface area (Å²) < 4.78 is 2.45. The van der Waals surface area contributed by atoms with E-state index in [1.165, 1.54) is 0 Å². The Morgan fingerprint density at radius 3 is 2.68 bits per heavy atom. The molecule has 0 aliphatic heterocycles. The molecule has 0 saturated carbocycles. The lowest BCUT2D eigenvalue weighted by molar-refractivity contribution is 0.0992. The zero-order valence-electron chi connectivity index (χ0n) is 10.4. The van der Waals surface area contributed by atoms with E-state index in [4.69, 9.17) is 23.2 Å². The summed E-state index contributed by atoms with van der Waals surface area (Å²) in [5.41, 5.74) is 2.16. The summed E-state index contributed by atoms with van der Waals surface area (Å²) in [4.78, 5) is 12.3. The Morgan fingerprint density at radius 2 is 2.11 bits per heavy atom. The van der Waals surface area contributed by atoms with Crippen molar-refractivity contribution in [3.63, 3.8) is 0 Å². The number of carbonyl (C=O) groups excluding carboxylic acids is 1. The molecule has 0 fully saturated rings. The number of ketones is 1. The number of benzene rings is 1. The molecule has 100 valence electrons. The van der Waals surface area contributed by atoms with Crippen LogP contribution >= 0.6 is 45.8 Å². The van der Waals surface area contributed by atoms with Gasteiger partial charge in [-0.1, -0.05) is 23.2 Å². The number of rotatable bonds is 3. The summed E-state index contributed by atoms with van der Waals surface area (Å²) in [5, 5.41) is 5.26. The largest absolute Gasteiger partial charge is 0.294 e. The van der Waals surface area contributed by atoms with Crippen LogP contribution in [0, 0.1) is 10.5 Å². The Hall–Kier alpha value is -0.590. The van der Waals surface area contributed by atoms with E-state index in [2.05, 4.69) is 27.7 Å². The molecule has 1 heterocycles. The van der Waals surface area contributed by atoms with E-state index in [0.29, 0.717) is 15.7 Å². The summed E-state index contributed by atoms with van der Waals surface area (Å²) in [5.74, 6) is -0.00935. The molecular formula is C13H11Cl2IN2O. The molecule has 0 radical (unpaired) electrons. The molecule has 0 N–H and O–H groups in total. The van der Waals surface area contributed by atoms with E-state index in [1.807, 2.05) is 13.0 Å². The molecule has 0 atom stereocenters. The fourth-order valence-electron chi connectivity index (χ4n) is 1.84. The first-order valence-corrected chi connectivity index (χ1v) is 7.40. The fraction of sp³-hybridized carbons (Fsp3) is 0.231. The molecule has 2 rings (SSSR count). The van der Waals surface area contributed by atoms with Crippen LogP contribution in [0.2, 0.25) is 10.2 Å². The zero-order chi connectivity index (χ0) is 14.2. The van der Waals surface area contributed by atoms with Gasteiger partial charge in [-0.2, -0.15) is 5.10 Å². The first kappa shape index (κ1) is 14.8. The summed E-state index contributed by atoms with van der Waals surface area (Å²) in [6.45, 7) is 1.84. The second-order valence-electron chi connectivity index (χ2n) is 4.20. The van der Waals surface area contributed by atoms with E-state index in [-0.39, 0.29) is 12.2 Å². The van der Waals surface area contributed by atoms with Crippen LogP contribution in [-0.2, 0) is 13.5 Å². The standard InChI is InChI=1S/C13H11Cl2IN2O/c1-7-9(13(15)18(2)17-7)6-12(19)10-5-8(14)3-4-11(10)16/h3-5H,6H2,1-2H3. The normalized spacial score (nSPS) is 10.8. The van der Waals surface area contributed by atoms with Gasteiger partial charge in [-0.15, -0.1) is 0 Å². The molecule has 6 heteroatoms. The molecule has 0 bridgehead atoms. The highest BCUT2D eigenvalue weighted by molar-refractivity contribution is 14.1. The summed E-state index contributed by atoms with van der Waals surface area (Å²) in [7, 11) is 1.76. The smallest absolute Gasteiger partial charge is 0.168 e. The number of aryl methyl sites for hydroxylation is 2. The van der Waals surface area contributed by atoms with E-state index >= 15 is 0 Å². The molecule has 0 aliphatic rings. The quantitative estimate of drug-likeness (QED) is 0.566. The summed E-state index contributed by atoms with van der Waals surface area (Å²) >= 11 is 14.2. The number of nitrogens with zero attached hydrogens (tertiary/aromatic N) is 2. The van der Waals surface area contributed by atoms with Crippen molar-refractivity contribution in [1.29, 1.82) is 0 Å². The minimum Gasteiger partial charge on any atom is -0.294 e. The Bertz CT molecular complexity index is 652. The van der Waals surface area contributed by atoms with Gasteiger partial charge in [0.15, 0.2) is 5.78 Å². The molecule has 0 saturated heterocycles. The van der Waals surface area contributed by atoms with Crippen molar-refractivity contribution in [1.82, 2.24) is 9.78 Å². The number of hydrogen-bond acceptors (Lipinski definition) is 2. The molecule has 0 unspecified atom stereocenters. The first-order valence-electron chi connectivity index (χ1n) is 5.56. The summed E-state index contributed by atoms with van der Waals surface area (Å²) in [6, 6.07) is 5.28. The van der Waals surface area contributed by atoms with E-state index in [9.17, 15) is 4.79 Å². The van der Waals surface area contributed by atoms with Crippen LogP contribution in [-0.4, -0.2) is 15.6 Å². The van der Waals surface area contributed by atoms with Gasteiger partial charge in [-0.25, -0.2) is 0 Å². The van der Waals surface area contributed by atoms with E-state index < -0.39 is 0 Å². The van der Waals surface area contributed by atoms with Crippen LogP contribution < -0.4 is 0 Å². The van der Waals surface area contributed by atoms with Gasteiger partial charge < -0.3 is 0 Å². The van der Waals surface area contributed by atoms with Crippen molar-refractivity contribution in [2.75, 3.05) is 0 Å². The maximum atomic E-state index is 12.3. The maximum absolute atomic E-state index is 12.3. The summed E-state index contributed by atoms with van der Waals surface area (Å²) in [6.07, 6.45) is 0.231. The Morgan fingerprint density at radius 1 is 1.42 bits per heavy atom. The van der Waals surface area contributed by atoms with Gasteiger partial charge in [0.2, 0.25) is 0 Å². The number of halogens is 3. The van der Waals surface area contributed by atoms with Crippen molar-refractivity contribution in [2.24, 2.45) is 7.05 Å². The van der Waals surface area contributed by atoms with Crippen molar-refractivity contribution in [3.8, 4) is 0 Å². The van der Waals surface area contributed by atoms with Crippen LogP contribution in [0.5, 0.6) is 0 Å². The van der Waals surface area contributed by atoms with Gasteiger partial charge in [0, 0.05) is 33.2 Å². The number of carbonyl (C=O) groups is 1. The van der Waals surface area contributed by atoms with Crippen molar-refractivity contribution in [3.05, 3.63) is 48.8 Å². The Balaban J connectivity index is 2.33. The van der Waals surface area contributed by atoms with E-state index in [1.54, 1.807) is 23.9 Å². The average molecular weight is 409 g/mol. The Kier molecular flexibility index (Phi) is 4.53. The molecule has 2 aromatic rings. The molecule has 1 aromatic heterocycles. The topological polar surface area (TPSA) is 34.9 Å². The maximum Gasteiger partial charge on any atom is 0.168 e. The lowest BCUT2D eigenvalue weighted by atomic mass is 10.0. The number of Topliss-reactive ketones (excluding diaryl/α,β-unsaturated/α-hetero) is 1. The highest BCUT2D eigenvalue weighted by Crippen LogP contribution is 2.23. The lowest BCUT2D eigenvalue weighted by Crippen LogP contribution is -2.06. The molecular weight excluding hydrogens is 398 g/mol. The monoisotopic (exact) mass is 408 g/mol. The van der Waals surface area contributed by atoms with E-state index in [0.717, 1.165) is 14.8 Å². The van der Waals surface area contributed by atoms with Gasteiger partial charge in [0.25, 0.3) is 0 Å². The third-order valence-electron chi connectivity index (χ3n) is 2.84. The highest BCUT2D eigenvalue weighted by atomic mass is 127. The van der Waals surface area contributed by atoms with Crippen LogP contribution in [0.25, 0.3) is 0 Å². The second-order valence-corrected chi connectivity index (χ2v) is 6.16. The van der Waals surface area contributed by atoms with Gasteiger partial charge in [0.1, 0.15) is 5.15 Å². The van der Waals surface area contributed by atoms with Crippen LogP contribution in [0.15, 0.2) is 18.2 Å². The minimum absolute atomic E-state index is 0.00935. The fourth-order valence-corrected chi connectivity index (χ4v) is 2.89. The predicted octanol–water partition coefficient (Wildman–Crippen LogP) is 4.07. The first-order chi connectivity index (χ1) is 8.90. The minimum atomic E-state index is -0.00935. The third-order valence-corrected chi connectivity index (χ3v) is 4.48.